The van der Waals surface area contributed by atoms with Gasteiger partial charge in [0.2, 0.25) is 10.0 Å². The van der Waals surface area contributed by atoms with Crippen LogP contribution in [-0.4, -0.2) is 39.0 Å². The fraction of sp³-hybridized carbons (Fsp3) is 0.571. The second kappa shape index (κ2) is 5.42. The molecule has 0 aromatic heterocycles. The summed E-state index contributed by atoms with van der Waals surface area (Å²) in [4.78, 5) is 2.45. The number of benzene rings is 1. The van der Waals surface area contributed by atoms with Crippen molar-refractivity contribution >= 4 is 10.0 Å². The summed E-state index contributed by atoms with van der Waals surface area (Å²) < 4.78 is 39.9. The molecule has 1 N–H and O–H groups in total. The van der Waals surface area contributed by atoms with Crippen LogP contribution in [0.2, 0.25) is 0 Å². The highest BCUT2D eigenvalue weighted by molar-refractivity contribution is 7.89. The molecule has 1 aliphatic heterocycles. The molecule has 1 aliphatic carbocycles. The van der Waals surface area contributed by atoms with Gasteiger partial charge in [-0.05, 0) is 56.0 Å². The zero-order valence-electron chi connectivity index (χ0n) is 11.3. The molecule has 2 fully saturated rings. The number of rotatable bonds is 5. The Labute approximate surface area is 119 Å². The first kappa shape index (κ1) is 14.0. The van der Waals surface area contributed by atoms with Crippen molar-refractivity contribution in [3.63, 3.8) is 0 Å². The van der Waals surface area contributed by atoms with Gasteiger partial charge in [-0.15, -0.1) is 0 Å². The average molecular weight is 298 g/mol. The fourth-order valence-electron chi connectivity index (χ4n) is 2.66. The van der Waals surface area contributed by atoms with Crippen molar-refractivity contribution in [2.75, 3.05) is 19.6 Å². The molecule has 0 radical (unpaired) electrons. The van der Waals surface area contributed by atoms with Gasteiger partial charge in [0.05, 0.1) is 4.90 Å². The molecule has 20 heavy (non-hydrogen) atoms. The quantitative estimate of drug-likeness (QED) is 0.898. The molecule has 0 unspecified atom stereocenters. The summed E-state index contributed by atoms with van der Waals surface area (Å²) in [6.07, 6.45) is 3.46. The molecule has 1 saturated carbocycles. The monoisotopic (exact) mass is 298 g/mol. The van der Waals surface area contributed by atoms with Crippen LogP contribution in [0.5, 0.6) is 0 Å². The summed E-state index contributed by atoms with van der Waals surface area (Å²) >= 11 is 0. The molecule has 1 atom stereocenters. The maximum atomic E-state index is 12.8. The minimum Gasteiger partial charge on any atom is -0.301 e. The van der Waals surface area contributed by atoms with Crippen LogP contribution in [0.1, 0.15) is 19.3 Å². The predicted octanol–water partition coefficient (Wildman–Crippen LogP) is 1.59. The molecule has 1 aromatic carbocycles. The van der Waals surface area contributed by atoms with Crippen molar-refractivity contribution in [1.29, 1.82) is 0 Å². The van der Waals surface area contributed by atoms with Gasteiger partial charge in [-0.1, -0.05) is 0 Å². The highest BCUT2D eigenvalue weighted by atomic mass is 32.2. The molecule has 110 valence electrons. The molecule has 1 aromatic rings. The Bertz CT molecular complexity index is 569. The van der Waals surface area contributed by atoms with E-state index in [1.54, 1.807) is 0 Å². The molecule has 4 nitrogen and oxygen atoms in total. The second-order valence-corrected chi connectivity index (χ2v) is 7.48. The van der Waals surface area contributed by atoms with E-state index in [1.165, 1.54) is 37.1 Å². The maximum absolute atomic E-state index is 12.8. The fourth-order valence-corrected chi connectivity index (χ4v) is 3.92. The minimum absolute atomic E-state index is 0.0381. The van der Waals surface area contributed by atoms with Crippen LogP contribution >= 0.6 is 0 Å². The van der Waals surface area contributed by atoms with Crippen LogP contribution in [0.4, 0.5) is 4.39 Å². The van der Waals surface area contributed by atoms with Crippen molar-refractivity contribution in [2.45, 2.75) is 30.2 Å². The number of hydrogen-bond acceptors (Lipinski definition) is 3. The van der Waals surface area contributed by atoms with E-state index in [0.29, 0.717) is 0 Å². The van der Waals surface area contributed by atoms with Crippen molar-refractivity contribution in [1.82, 2.24) is 9.62 Å². The first-order valence-electron chi connectivity index (χ1n) is 7.03. The Kier molecular flexibility index (Phi) is 3.79. The molecular weight excluding hydrogens is 279 g/mol. The minimum atomic E-state index is -3.54. The van der Waals surface area contributed by atoms with E-state index in [1.807, 2.05) is 0 Å². The highest BCUT2D eigenvalue weighted by Crippen LogP contribution is 2.30. The van der Waals surface area contributed by atoms with E-state index >= 15 is 0 Å². The largest absolute Gasteiger partial charge is 0.301 e. The lowest BCUT2D eigenvalue weighted by Gasteiger charge is -2.16. The first-order chi connectivity index (χ1) is 9.53. The van der Waals surface area contributed by atoms with Crippen LogP contribution in [0.3, 0.4) is 0 Å². The number of nitrogens with zero attached hydrogens (tertiary/aromatic N) is 1. The van der Waals surface area contributed by atoms with Crippen LogP contribution < -0.4 is 4.72 Å². The van der Waals surface area contributed by atoms with E-state index in [2.05, 4.69) is 9.62 Å². The van der Waals surface area contributed by atoms with Crippen LogP contribution in [0.25, 0.3) is 0 Å². The number of nitrogens with one attached hydrogen (secondary N) is 1. The summed E-state index contributed by atoms with van der Waals surface area (Å²) in [6.45, 7) is 2.82. The Morgan fingerprint density at radius 2 is 1.90 bits per heavy atom. The van der Waals surface area contributed by atoms with E-state index in [0.717, 1.165) is 32.0 Å². The van der Waals surface area contributed by atoms with Gasteiger partial charge in [-0.25, -0.2) is 17.5 Å². The summed E-state index contributed by atoms with van der Waals surface area (Å²) in [5, 5.41) is 0. The number of halogens is 1. The third-order valence-corrected chi connectivity index (χ3v) is 5.47. The SMILES string of the molecule is O=S(=O)(N[C@H]1CCN(CC2CC2)C1)c1ccc(F)cc1. The molecular formula is C14H19FN2O2S. The van der Waals surface area contributed by atoms with Crippen LogP contribution in [-0.2, 0) is 10.0 Å². The Balaban J connectivity index is 1.60. The number of sulfonamides is 1. The van der Waals surface area contributed by atoms with Crippen molar-refractivity contribution < 1.29 is 12.8 Å². The number of hydrogen-bond donors (Lipinski definition) is 1. The van der Waals surface area contributed by atoms with Crippen LogP contribution in [0, 0.1) is 11.7 Å². The van der Waals surface area contributed by atoms with Gasteiger partial charge in [-0.2, -0.15) is 0 Å². The molecule has 0 amide bonds. The van der Waals surface area contributed by atoms with Gasteiger partial charge in [0, 0.05) is 19.1 Å². The van der Waals surface area contributed by atoms with Crippen molar-refractivity contribution in [3.8, 4) is 0 Å². The molecule has 0 spiro atoms. The summed E-state index contributed by atoms with van der Waals surface area (Å²) in [7, 11) is -3.54. The Morgan fingerprint density at radius 1 is 1.20 bits per heavy atom. The average Bonchev–Trinajstić information content (AvgIpc) is 3.10. The van der Waals surface area contributed by atoms with Crippen molar-refractivity contribution in [2.24, 2.45) is 5.92 Å². The van der Waals surface area contributed by atoms with Gasteiger partial charge in [0.1, 0.15) is 5.82 Å². The highest BCUT2D eigenvalue weighted by Gasteiger charge is 2.31. The second-order valence-electron chi connectivity index (χ2n) is 5.76. The van der Waals surface area contributed by atoms with E-state index in [9.17, 15) is 12.8 Å². The molecule has 3 rings (SSSR count). The smallest absolute Gasteiger partial charge is 0.240 e. The van der Waals surface area contributed by atoms with Crippen LogP contribution in [0.15, 0.2) is 29.2 Å². The van der Waals surface area contributed by atoms with E-state index in [4.69, 9.17) is 0 Å². The predicted molar refractivity (Wildman–Crippen MR) is 74.3 cm³/mol. The van der Waals surface area contributed by atoms with Gasteiger partial charge < -0.3 is 4.90 Å². The number of likely N-dealkylation sites (tertiary alicyclic amines) is 1. The molecule has 1 heterocycles. The third kappa shape index (κ3) is 3.37. The zero-order valence-corrected chi connectivity index (χ0v) is 12.1. The normalized spacial score (nSPS) is 24.1. The molecule has 1 saturated heterocycles. The first-order valence-corrected chi connectivity index (χ1v) is 8.51. The van der Waals surface area contributed by atoms with Gasteiger partial charge in [0.15, 0.2) is 0 Å². The molecule has 0 bridgehead atoms. The summed E-state index contributed by atoms with van der Waals surface area (Å²) in [6, 6.07) is 4.90. The molecule has 6 heteroatoms. The lowest BCUT2D eigenvalue weighted by atomic mass is 10.3. The lowest BCUT2D eigenvalue weighted by Crippen LogP contribution is -2.37. The van der Waals surface area contributed by atoms with E-state index < -0.39 is 15.8 Å². The Morgan fingerprint density at radius 3 is 2.55 bits per heavy atom. The summed E-state index contributed by atoms with van der Waals surface area (Å²) in [5.74, 6) is 0.392. The third-order valence-electron chi connectivity index (χ3n) is 3.93. The maximum Gasteiger partial charge on any atom is 0.240 e. The summed E-state index contributed by atoms with van der Waals surface area (Å²) in [5.41, 5.74) is 0. The zero-order chi connectivity index (χ0) is 14.2. The lowest BCUT2D eigenvalue weighted by molar-refractivity contribution is 0.318. The van der Waals surface area contributed by atoms with Gasteiger partial charge in [0.25, 0.3) is 0 Å². The Hall–Kier alpha value is -0.980. The topological polar surface area (TPSA) is 49.4 Å². The van der Waals surface area contributed by atoms with Crippen molar-refractivity contribution in [3.05, 3.63) is 30.1 Å². The standard InChI is InChI=1S/C14H19FN2O2S/c15-12-3-5-14(6-4-12)20(18,19)16-13-7-8-17(10-13)9-11-1-2-11/h3-6,11,13,16H,1-2,7-10H2/t13-/m0/s1. The van der Waals surface area contributed by atoms with Gasteiger partial charge >= 0.3 is 0 Å². The van der Waals surface area contributed by atoms with E-state index in [-0.39, 0.29) is 10.9 Å². The van der Waals surface area contributed by atoms with Gasteiger partial charge in [-0.3, -0.25) is 0 Å². The molecule has 2 aliphatic rings.